The molecule has 4 aromatic rings. The Morgan fingerprint density at radius 2 is 1.91 bits per heavy atom. The minimum absolute atomic E-state index is 0.0102. The molecule has 0 bridgehead atoms. The summed E-state index contributed by atoms with van der Waals surface area (Å²) in [5.74, 6) is -1.19. The van der Waals surface area contributed by atoms with Crippen molar-refractivity contribution in [1.82, 2.24) is 9.55 Å². The third-order valence-electron chi connectivity index (χ3n) is 4.89. The minimum Gasteiger partial charge on any atom is -0.368 e. The lowest BCUT2D eigenvalue weighted by Crippen LogP contribution is -2.17. The van der Waals surface area contributed by atoms with Gasteiger partial charge in [0.15, 0.2) is 5.13 Å². The summed E-state index contributed by atoms with van der Waals surface area (Å²) in [6.45, 7) is -0.0465. The van der Waals surface area contributed by atoms with E-state index in [-0.39, 0.29) is 22.1 Å². The summed E-state index contributed by atoms with van der Waals surface area (Å²) < 4.78 is 28.9. The van der Waals surface area contributed by atoms with E-state index in [4.69, 9.17) is 5.73 Å². The normalized spacial score (nSPS) is 11.7. The van der Waals surface area contributed by atoms with E-state index >= 15 is 0 Å². The monoisotopic (exact) mass is 506 g/mol. The molecule has 4 N–H and O–H groups in total. The summed E-state index contributed by atoms with van der Waals surface area (Å²) in [6.07, 6.45) is 4.55. The molecule has 0 unspecified atom stereocenters. The largest absolute Gasteiger partial charge is 0.368 e. The molecule has 2 aromatic heterocycles. The van der Waals surface area contributed by atoms with Crippen LogP contribution in [0.4, 0.5) is 10.8 Å². The zero-order valence-electron chi connectivity index (χ0n) is 18.0. The van der Waals surface area contributed by atoms with Crippen molar-refractivity contribution in [1.29, 1.82) is 5.26 Å². The standard InChI is InChI=1S/C23H18N6O4S2/c24-12-15(11-16-13-29(14-21(25)30)20-4-2-1-3-19(16)20)22(31)27-17-5-7-18(8-6-17)35(32,33)28-23-26-9-10-34-23/h1-11,13H,14H2,(H2,25,30)(H,26,28)(H,27,31). The number of carbonyl (C=O) groups excluding carboxylic acids is 2. The molecular formula is C23H18N6O4S2. The van der Waals surface area contributed by atoms with Crippen LogP contribution in [0.2, 0.25) is 0 Å². The molecule has 0 aliphatic heterocycles. The number of thiazole rings is 1. The summed E-state index contributed by atoms with van der Waals surface area (Å²) in [5, 5.41) is 14.8. The Morgan fingerprint density at radius 3 is 2.57 bits per heavy atom. The molecule has 0 aliphatic carbocycles. The lowest BCUT2D eigenvalue weighted by atomic mass is 10.1. The van der Waals surface area contributed by atoms with Gasteiger partial charge in [-0.3, -0.25) is 14.3 Å². The number of anilines is 2. The predicted octanol–water partition coefficient (Wildman–Crippen LogP) is 2.93. The highest BCUT2D eigenvalue weighted by atomic mass is 32.2. The number of aromatic nitrogens is 2. The van der Waals surface area contributed by atoms with Gasteiger partial charge in [-0.15, -0.1) is 11.3 Å². The third kappa shape index (κ3) is 5.37. The van der Waals surface area contributed by atoms with E-state index in [0.717, 1.165) is 22.2 Å². The highest BCUT2D eigenvalue weighted by Crippen LogP contribution is 2.24. The zero-order chi connectivity index (χ0) is 25.0. The van der Waals surface area contributed by atoms with E-state index in [1.165, 1.54) is 36.5 Å². The van der Waals surface area contributed by atoms with Crippen molar-refractivity contribution in [2.75, 3.05) is 10.0 Å². The van der Waals surface area contributed by atoms with Gasteiger partial charge in [0.1, 0.15) is 18.2 Å². The number of sulfonamides is 1. The van der Waals surface area contributed by atoms with Crippen molar-refractivity contribution in [3.8, 4) is 6.07 Å². The molecule has 12 heteroatoms. The van der Waals surface area contributed by atoms with E-state index < -0.39 is 21.8 Å². The Balaban J connectivity index is 1.54. The first kappa shape index (κ1) is 23.7. The van der Waals surface area contributed by atoms with Gasteiger partial charge < -0.3 is 15.6 Å². The topological polar surface area (TPSA) is 160 Å². The fourth-order valence-corrected chi connectivity index (χ4v) is 5.15. The zero-order valence-corrected chi connectivity index (χ0v) is 19.6. The number of fused-ring (bicyclic) bond motifs is 1. The van der Waals surface area contributed by atoms with Gasteiger partial charge in [-0.25, -0.2) is 13.4 Å². The van der Waals surface area contributed by atoms with Crippen molar-refractivity contribution in [2.45, 2.75) is 11.4 Å². The van der Waals surface area contributed by atoms with E-state index in [1.54, 1.807) is 28.3 Å². The van der Waals surface area contributed by atoms with Crippen LogP contribution >= 0.6 is 11.3 Å². The molecule has 35 heavy (non-hydrogen) atoms. The van der Waals surface area contributed by atoms with Crippen LogP contribution in [0, 0.1) is 11.3 Å². The smallest absolute Gasteiger partial charge is 0.266 e. The van der Waals surface area contributed by atoms with E-state index in [0.29, 0.717) is 11.3 Å². The van der Waals surface area contributed by atoms with Crippen molar-refractivity contribution in [3.63, 3.8) is 0 Å². The number of hydrogen-bond acceptors (Lipinski definition) is 7. The van der Waals surface area contributed by atoms with E-state index in [9.17, 15) is 23.3 Å². The molecule has 176 valence electrons. The van der Waals surface area contributed by atoms with Gasteiger partial charge in [0.25, 0.3) is 15.9 Å². The second-order valence-electron chi connectivity index (χ2n) is 7.29. The maximum Gasteiger partial charge on any atom is 0.266 e. The number of nitrogens with one attached hydrogen (secondary N) is 2. The summed E-state index contributed by atoms with van der Waals surface area (Å²) in [7, 11) is -3.83. The average molecular weight is 507 g/mol. The van der Waals surface area contributed by atoms with Crippen LogP contribution in [0.15, 0.2) is 76.8 Å². The number of rotatable bonds is 8. The molecule has 0 atom stereocenters. The molecule has 0 aliphatic rings. The Hall–Kier alpha value is -4.47. The highest BCUT2D eigenvalue weighted by Gasteiger charge is 2.17. The Morgan fingerprint density at radius 1 is 1.17 bits per heavy atom. The molecule has 0 radical (unpaired) electrons. The average Bonchev–Trinajstić information content (AvgIpc) is 3.45. The molecule has 0 fully saturated rings. The number of hydrogen-bond donors (Lipinski definition) is 3. The van der Waals surface area contributed by atoms with E-state index in [1.807, 2.05) is 18.2 Å². The lowest BCUT2D eigenvalue weighted by Gasteiger charge is -2.07. The first-order valence-electron chi connectivity index (χ1n) is 10.1. The first-order chi connectivity index (χ1) is 16.8. The van der Waals surface area contributed by atoms with Crippen LogP contribution in [0.3, 0.4) is 0 Å². The second kappa shape index (κ2) is 9.80. The number of amides is 2. The van der Waals surface area contributed by atoms with Gasteiger partial charge in [-0.05, 0) is 36.4 Å². The van der Waals surface area contributed by atoms with Crippen LogP contribution in [0.5, 0.6) is 0 Å². The number of nitrogens with two attached hydrogens (primary N) is 1. The molecule has 2 amide bonds. The van der Waals surface area contributed by atoms with Gasteiger partial charge in [0, 0.05) is 39.9 Å². The van der Waals surface area contributed by atoms with Crippen LogP contribution in [-0.4, -0.2) is 29.8 Å². The Bertz CT molecular complexity index is 1580. The maximum atomic E-state index is 12.7. The number of carbonyl (C=O) groups is 2. The molecule has 2 heterocycles. The number of para-hydroxylation sites is 1. The van der Waals surface area contributed by atoms with Gasteiger partial charge in [0.2, 0.25) is 5.91 Å². The number of nitrogens with zero attached hydrogens (tertiary/aromatic N) is 3. The summed E-state index contributed by atoms with van der Waals surface area (Å²) in [4.78, 5) is 28.0. The van der Waals surface area contributed by atoms with Gasteiger partial charge in [0.05, 0.1) is 4.90 Å². The molecule has 0 saturated carbocycles. The quantitative estimate of drug-likeness (QED) is 0.246. The summed E-state index contributed by atoms with van der Waals surface area (Å²) in [6, 6.07) is 14.6. The summed E-state index contributed by atoms with van der Waals surface area (Å²) in [5.41, 5.74) is 6.76. The molecule has 0 saturated heterocycles. The fraction of sp³-hybridized carbons (Fsp3) is 0.0435. The molecular weight excluding hydrogens is 488 g/mol. The molecule has 10 nitrogen and oxygen atoms in total. The van der Waals surface area contributed by atoms with Crippen LogP contribution in [-0.2, 0) is 26.2 Å². The Labute approximate surface area is 204 Å². The number of benzene rings is 2. The van der Waals surface area contributed by atoms with Crippen LogP contribution < -0.4 is 15.8 Å². The van der Waals surface area contributed by atoms with Gasteiger partial charge in [-0.2, -0.15) is 5.26 Å². The van der Waals surface area contributed by atoms with Crippen LogP contribution in [0.1, 0.15) is 5.56 Å². The highest BCUT2D eigenvalue weighted by molar-refractivity contribution is 7.93. The SMILES string of the molecule is N#CC(=Cc1cn(CC(N)=O)c2ccccc12)C(=O)Nc1ccc(S(=O)(=O)Nc2nccs2)cc1. The summed E-state index contributed by atoms with van der Waals surface area (Å²) >= 11 is 1.15. The fourth-order valence-electron chi connectivity index (χ4n) is 3.36. The minimum atomic E-state index is -3.83. The lowest BCUT2D eigenvalue weighted by molar-refractivity contribution is -0.118. The molecule has 2 aromatic carbocycles. The van der Waals surface area contributed by atoms with Crippen molar-refractivity contribution < 1.29 is 18.0 Å². The van der Waals surface area contributed by atoms with Gasteiger partial charge >= 0.3 is 0 Å². The third-order valence-corrected chi connectivity index (χ3v) is 7.06. The predicted molar refractivity (Wildman–Crippen MR) is 133 cm³/mol. The number of nitriles is 1. The first-order valence-corrected chi connectivity index (χ1v) is 12.4. The van der Waals surface area contributed by atoms with Crippen LogP contribution in [0.25, 0.3) is 17.0 Å². The number of primary amides is 1. The maximum absolute atomic E-state index is 12.7. The molecule has 0 spiro atoms. The van der Waals surface area contributed by atoms with Crippen molar-refractivity contribution in [3.05, 3.63) is 77.4 Å². The van der Waals surface area contributed by atoms with Crippen molar-refractivity contribution >= 4 is 61.0 Å². The molecule has 4 rings (SSSR count). The Kier molecular flexibility index (Phi) is 6.63. The van der Waals surface area contributed by atoms with Gasteiger partial charge in [-0.1, -0.05) is 18.2 Å². The van der Waals surface area contributed by atoms with E-state index in [2.05, 4.69) is 15.0 Å². The second-order valence-corrected chi connectivity index (χ2v) is 9.86. The van der Waals surface area contributed by atoms with Crippen molar-refractivity contribution in [2.24, 2.45) is 5.73 Å².